The molecule has 0 radical (unpaired) electrons. The highest BCUT2D eigenvalue weighted by molar-refractivity contribution is 6.31. The Bertz CT molecular complexity index is 1310. The number of nitrogens with zero attached hydrogens (tertiary/aromatic N) is 4. The lowest BCUT2D eigenvalue weighted by Gasteiger charge is -2.41. The number of halogens is 4. The van der Waals surface area contributed by atoms with Gasteiger partial charge in [0.05, 0.1) is 29.8 Å². The number of alkyl halides is 3. The Kier molecular flexibility index (Phi) is 6.06. The Labute approximate surface area is 197 Å². The van der Waals surface area contributed by atoms with Crippen LogP contribution in [0.25, 0.3) is 0 Å². The quantitative estimate of drug-likeness (QED) is 0.589. The lowest BCUT2D eigenvalue weighted by Crippen LogP contribution is -2.49. The van der Waals surface area contributed by atoms with Crippen LogP contribution in [0.2, 0.25) is 5.02 Å². The van der Waals surface area contributed by atoms with Crippen molar-refractivity contribution in [3.05, 3.63) is 82.1 Å². The van der Waals surface area contributed by atoms with E-state index in [1.807, 2.05) is 6.07 Å². The third kappa shape index (κ3) is 4.61. The zero-order valence-corrected chi connectivity index (χ0v) is 18.4. The molecule has 0 unspecified atom stereocenters. The number of carbonyl (C=O) groups excluding carboxylic acids is 2. The minimum absolute atomic E-state index is 0.0100. The highest BCUT2D eigenvalue weighted by Gasteiger charge is 2.48. The summed E-state index contributed by atoms with van der Waals surface area (Å²) >= 11 is 6.03. The third-order valence-corrected chi connectivity index (χ3v) is 5.65. The van der Waals surface area contributed by atoms with Crippen LogP contribution in [-0.4, -0.2) is 39.2 Å². The highest BCUT2D eigenvalue weighted by Crippen LogP contribution is 2.44. The fourth-order valence-electron chi connectivity index (χ4n) is 4.15. The Balaban J connectivity index is 1.85. The van der Waals surface area contributed by atoms with Gasteiger partial charge in [-0.1, -0.05) is 29.8 Å². The first kappa shape index (κ1) is 23.3. The van der Waals surface area contributed by atoms with Gasteiger partial charge in [0, 0.05) is 35.1 Å². The Hall–Kier alpha value is -3.84. The smallest absolute Gasteiger partial charge is 0.325 e. The number of carbonyl (C=O) groups is 2. The van der Waals surface area contributed by atoms with Crippen LogP contribution in [0.15, 0.2) is 54.9 Å². The Morgan fingerprint density at radius 1 is 1.26 bits per heavy atom. The standard InChI is InChI=1S/C23H17ClF3N5O2/c1-31-11-14(10-29-31)20-19(21(33)30-16-7-13(9-28)6-15(24)8-16)17-4-2-3-5-18(17)22(34)32(20)12-23(25,26)27/h2-8,10-11,19-20H,12H2,1H3,(H,30,33)/t19-,20+/m1/s1. The lowest BCUT2D eigenvalue weighted by atomic mass is 9.79. The number of hydrogen-bond acceptors (Lipinski definition) is 4. The van der Waals surface area contributed by atoms with Crippen LogP contribution in [0.4, 0.5) is 18.9 Å². The first-order valence-electron chi connectivity index (χ1n) is 10.0. The SMILES string of the molecule is Cn1cc([C@H]2[C@H](C(=O)Nc3cc(Cl)cc(C#N)c3)c3ccccc3C(=O)N2CC(F)(F)F)cn1. The second kappa shape index (κ2) is 8.83. The molecule has 1 aliphatic rings. The fourth-order valence-corrected chi connectivity index (χ4v) is 4.39. The van der Waals surface area contributed by atoms with Gasteiger partial charge in [-0.05, 0) is 29.8 Å². The van der Waals surface area contributed by atoms with Crippen molar-refractivity contribution in [3.63, 3.8) is 0 Å². The van der Waals surface area contributed by atoms with Crippen LogP contribution in [0.1, 0.15) is 39.0 Å². The van der Waals surface area contributed by atoms with E-state index in [0.717, 1.165) is 0 Å². The highest BCUT2D eigenvalue weighted by atomic mass is 35.5. The summed E-state index contributed by atoms with van der Waals surface area (Å²) in [6.07, 6.45) is -1.89. The maximum absolute atomic E-state index is 13.6. The van der Waals surface area contributed by atoms with Gasteiger partial charge in [0.1, 0.15) is 6.54 Å². The molecule has 174 valence electrons. The van der Waals surface area contributed by atoms with Gasteiger partial charge in [-0.25, -0.2) is 0 Å². The van der Waals surface area contributed by atoms with Gasteiger partial charge in [0.2, 0.25) is 5.91 Å². The number of benzene rings is 2. The molecule has 2 amide bonds. The molecule has 1 aliphatic heterocycles. The molecule has 0 fully saturated rings. The van der Waals surface area contributed by atoms with Crippen LogP contribution in [0.3, 0.4) is 0 Å². The van der Waals surface area contributed by atoms with Crippen molar-refractivity contribution in [1.29, 1.82) is 5.26 Å². The van der Waals surface area contributed by atoms with E-state index in [-0.39, 0.29) is 27.4 Å². The zero-order chi connectivity index (χ0) is 24.6. The van der Waals surface area contributed by atoms with Crippen LogP contribution in [-0.2, 0) is 11.8 Å². The lowest BCUT2D eigenvalue weighted by molar-refractivity contribution is -0.148. The molecule has 34 heavy (non-hydrogen) atoms. The predicted molar refractivity (Wildman–Crippen MR) is 117 cm³/mol. The molecule has 1 aromatic heterocycles. The first-order valence-corrected chi connectivity index (χ1v) is 10.4. The maximum atomic E-state index is 13.6. The molecule has 1 N–H and O–H groups in total. The van der Waals surface area contributed by atoms with E-state index < -0.39 is 36.5 Å². The van der Waals surface area contributed by atoms with Crippen LogP contribution in [0.5, 0.6) is 0 Å². The molecule has 11 heteroatoms. The monoisotopic (exact) mass is 487 g/mol. The van der Waals surface area contributed by atoms with Crippen molar-refractivity contribution in [1.82, 2.24) is 14.7 Å². The second-order valence-corrected chi connectivity index (χ2v) is 8.27. The van der Waals surface area contributed by atoms with Crippen molar-refractivity contribution in [2.45, 2.75) is 18.1 Å². The molecule has 2 aromatic carbocycles. The summed E-state index contributed by atoms with van der Waals surface area (Å²) in [6, 6.07) is 11.0. The van der Waals surface area contributed by atoms with Crippen molar-refractivity contribution >= 4 is 29.1 Å². The van der Waals surface area contributed by atoms with Crippen molar-refractivity contribution < 1.29 is 22.8 Å². The van der Waals surface area contributed by atoms with E-state index in [0.29, 0.717) is 10.5 Å². The van der Waals surface area contributed by atoms with E-state index in [9.17, 15) is 28.0 Å². The van der Waals surface area contributed by atoms with Gasteiger partial charge >= 0.3 is 6.18 Å². The molecule has 0 saturated heterocycles. The predicted octanol–water partition coefficient (Wildman–Crippen LogP) is 4.43. The minimum atomic E-state index is -4.70. The maximum Gasteiger partial charge on any atom is 0.406 e. The number of anilines is 1. The Morgan fingerprint density at radius 2 is 2.00 bits per heavy atom. The van der Waals surface area contributed by atoms with Gasteiger partial charge in [-0.2, -0.15) is 23.5 Å². The van der Waals surface area contributed by atoms with Crippen LogP contribution < -0.4 is 5.32 Å². The summed E-state index contributed by atoms with van der Waals surface area (Å²) < 4.78 is 42.0. The number of nitrogens with one attached hydrogen (secondary N) is 1. The number of amides is 2. The zero-order valence-electron chi connectivity index (χ0n) is 17.7. The van der Waals surface area contributed by atoms with Crippen LogP contribution in [0, 0.1) is 11.3 Å². The number of aryl methyl sites for hydroxylation is 1. The molecule has 0 spiro atoms. The number of aromatic nitrogens is 2. The van der Waals surface area contributed by atoms with E-state index in [1.54, 1.807) is 19.2 Å². The van der Waals surface area contributed by atoms with Gasteiger partial charge < -0.3 is 10.2 Å². The molecule has 7 nitrogen and oxygen atoms in total. The summed E-state index contributed by atoms with van der Waals surface area (Å²) in [7, 11) is 1.58. The van der Waals surface area contributed by atoms with Gasteiger partial charge in [-0.15, -0.1) is 0 Å². The first-order chi connectivity index (χ1) is 16.1. The minimum Gasteiger partial charge on any atom is -0.325 e. The third-order valence-electron chi connectivity index (χ3n) is 5.43. The molecule has 0 saturated carbocycles. The topological polar surface area (TPSA) is 91.0 Å². The normalized spacial score (nSPS) is 17.8. The fraction of sp³-hybridized carbons (Fsp3) is 0.217. The average Bonchev–Trinajstić information content (AvgIpc) is 3.19. The molecule has 4 rings (SSSR count). The van der Waals surface area contributed by atoms with Crippen molar-refractivity contribution in [3.8, 4) is 6.07 Å². The summed E-state index contributed by atoms with van der Waals surface area (Å²) in [5.74, 6) is -2.68. The van der Waals surface area contributed by atoms with Crippen LogP contribution >= 0.6 is 11.6 Å². The van der Waals surface area contributed by atoms with Gasteiger partial charge in [0.25, 0.3) is 5.91 Å². The van der Waals surface area contributed by atoms with Crippen molar-refractivity contribution in [2.24, 2.45) is 7.05 Å². The van der Waals surface area contributed by atoms with Gasteiger partial charge in [-0.3, -0.25) is 14.3 Å². The summed E-state index contributed by atoms with van der Waals surface area (Å²) in [6.45, 7) is -1.54. The number of fused-ring (bicyclic) bond motifs is 1. The summed E-state index contributed by atoms with van der Waals surface area (Å²) in [5.41, 5.74) is 0.981. The molecule has 3 aromatic rings. The average molecular weight is 488 g/mol. The molecular weight excluding hydrogens is 471 g/mol. The summed E-state index contributed by atoms with van der Waals surface area (Å²) in [5, 5.41) is 16.1. The second-order valence-electron chi connectivity index (χ2n) is 7.83. The van der Waals surface area contributed by atoms with E-state index in [1.165, 1.54) is 47.4 Å². The Morgan fingerprint density at radius 3 is 2.65 bits per heavy atom. The number of nitriles is 1. The molecular formula is C23H17ClF3N5O2. The largest absolute Gasteiger partial charge is 0.406 e. The number of hydrogen-bond donors (Lipinski definition) is 1. The molecule has 0 bridgehead atoms. The molecule has 2 atom stereocenters. The van der Waals surface area contributed by atoms with Crippen molar-refractivity contribution in [2.75, 3.05) is 11.9 Å². The molecule has 0 aliphatic carbocycles. The number of rotatable bonds is 4. The van der Waals surface area contributed by atoms with Gasteiger partial charge in [0.15, 0.2) is 0 Å². The van der Waals surface area contributed by atoms with E-state index in [2.05, 4.69) is 10.4 Å². The summed E-state index contributed by atoms with van der Waals surface area (Å²) in [4.78, 5) is 27.4. The van der Waals surface area contributed by atoms with E-state index >= 15 is 0 Å². The van der Waals surface area contributed by atoms with E-state index in [4.69, 9.17) is 11.6 Å². The molecule has 2 heterocycles.